The number of ether oxygens (including phenoxy) is 2. The van der Waals surface area contributed by atoms with Gasteiger partial charge < -0.3 is 39.3 Å². The summed E-state index contributed by atoms with van der Waals surface area (Å²) < 4.78 is 30.9. The predicted molar refractivity (Wildman–Crippen MR) is 184 cm³/mol. The molecule has 11 nitrogen and oxygen atoms in total. The van der Waals surface area contributed by atoms with Gasteiger partial charge in [0.25, 0.3) is 0 Å². The van der Waals surface area contributed by atoms with Gasteiger partial charge in [0.05, 0.1) is 11.6 Å². The van der Waals surface area contributed by atoms with E-state index in [2.05, 4.69) is 18.6 Å². The Bertz CT molecular complexity index is 1580. The van der Waals surface area contributed by atoms with Gasteiger partial charge in [-0.25, -0.2) is 0 Å². The second-order valence-corrected chi connectivity index (χ2v) is 15.0. The molecule has 3 aromatic rings. The first-order chi connectivity index (χ1) is 21.6. The zero-order valence-electron chi connectivity index (χ0n) is 27.5. The highest BCUT2D eigenvalue weighted by Crippen LogP contribution is 2.37. The van der Waals surface area contributed by atoms with Crippen molar-refractivity contribution in [2.45, 2.75) is 60.3 Å². The molecule has 0 spiro atoms. The summed E-state index contributed by atoms with van der Waals surface area (Å²) in [7, 11) is -8.29. The number of benzene rings is 3. The molecule has 0 radical (unpaired) electrons. The van der Waals surface area contributed by atoms with E-state index in [1.54, 1.807) is 25.1 Å². The van der Waals surface area contributed by atoms with E-state index in [0.717, 1.165) is 11.1 Å². The van der Waals surface area contributed by atoms with Gasteiger partial charge in [0.15, 0.2) is 12.1 Å². The molecule has 0 unspecified atom stereocenters. The molecule has 0 saturated heterocycles. The third kappa shape index (κ3) is 16.1. The first kappa shape index (κ1) is 42.0. The van der Waals surface area contributed by atoms with Crippen LogP contribution in [0.2, 0.25) is 5.02 Å². The van der Waals surface area contributed by atoms with Gasteiger partial charge in [-0.2, -0.15) is 0 Å². The van der Waals surface area contributed by atoms with E-state index in [4.69, 9.17) is 35.9 Å². The van der Waals surface area contributed by atoms with Gasteiger partial charge in [-0.1, -0.05) is 69.1 Å². The van der Waals surface area contributed by atoms with Gasteiger partial charge in [-0.15, -0.1) is 0 Å². The van der Waals surface area contributed by atoms with Crippen LogP contribution in [0.1, 0.15) is 86.0 Å². The number of halogens is 1. The number of carbonyl (C=O) groups excluding carboxylic acids is 1. The van der Waals surface area contributed by atoms with Gasteiger partial charge in [0.1, 0.15) is 23.6 Å². The summed E-state index contributed by atoms with van der Waals surface area (Å²) in [4.78, 5) is 47.3. The lowest BCUT2D eigenvalue weighted by Gasteiger charge is -2.14. The largest absolute Gasteiger partial charge is 0.508 e. The minimum absolute atomic E-state index is 0.0442. The minimum Gasteiger partial charge on any atom is -0.508 e. The number of rotatable bonds is 11. The highest BCUT2D eigenvalue weighted by atomic mass is 35.5. The van der Waals surface area contributed by atoms with Gasteiger partial charge >= 0.3 is 15.2 Å². The molecule has 0 aromatic heterocycles. The Kier molecular flexibility index (Phi) is 17.1. The third-order valence-electron chi connectivity index (χ3n) is 6.23. The zero-order chi connectivity index (χ0) is 36.1. The van der Waals surface area contributed by atoms with Crippen LogP contribution in [0, 0.1) is 6.92 Å². The molecule has 3 aromatic carbocycles. The Labute approximate surface area is 281 Å². The summed E-state index contributed by atoms with van der Waals surface area (Å²) in [6, 6.07) is 14.9. The second kappa shape index (κ2) is 19.1. The van der Waals surface area contributed by atoms with Crippen molar-refractivity contribution in [2.24, 2.45) is 0 Å². The summed E-state index contributed by atoms with van der Waals surface area (Å²) in [5, 5.41) is 19.3. The van der Waals surface area contributed by atoms with Crippen molar-refractivity contribution >= 4 is 32.6 Å². The van der Waals surface area contributed by atoms with Crippen LogP contribution in [0.15, 0.2) is 66.2 Å². The van der Waals surface area contributed by atoms with Crippen LogP contribution in [0.3, 0.4) is 0 Å². The Balaban J connectivity index is 0.000000431. The van der Waals surface area contributed by atoms with E-state index in [0.29, 0.717) is 28.4 Å². The summed E-state index contributed by atoms with van der Waals surface area (Å²) >= 11 is 6.22. The Hall–Kier alpha value is -2.98. The van der Waals surface area contributed by atoms with Gasteiger partial charge in [0, 0.05) is 11.1 Å². The second-order valence-electron chi connectivity index (χ2n) is 11.5. The number of aromatic hydroxyl groups is 2. The molecule has 260 valence electrons. The maximum atomic E-state index is 12.9. The van der Waals surface area contributed by atoms with Crippen LogP contribution in [0.25, 0.3) is 0 Å². The smallest absolute Gasteiger partial charge is 0.362 e. The molecule has 0 fully saturated rings. The third-order valence-corrected chi connectivity index (χ3v) is 7.51. The summed E-state index contributed by atoms with van der Waals surface area (Å²) in [5.41, 5.74) is 3.92. The van der Waals surface area contributed by atoms with Crippen LogP contribution in [0.5, 0.6) is 17.2 Å². The van der Waals surface area contributed by atoms with Crippen LogP contribution in [-0.4, -0.2) is 54.9 Å². The Morgan fingerprint density at radius 2 is 1.38 bits per heavy atom. The predicted octanol–water partition coefficient (Wildman–Crippen LogP) is 7.84. The van der Waals surface area contributed by atoms with Gasteiger partial charge in [-0.3, -0.25) is 13.9 Å². The van der Waals surface area contributed by atoms with Crippen LogP contribution < -0.4 is 4.74 Å². The standard InChI is InChI=1S/C18H20ClO6P.C9H12O.C6H13O4P/c1-10(2)14-7-12(4-5-16(14)20)18(21)17-11(3)6-13(8-15(17)19)25-9-26(22,23)24;1-7(2)8-5-3-4-6-9(8)10;1-6(2)3-4-10-5-11(7,8)9/h4-8,10,20H,9H2,1-3H3,(H2,22,23,24);3-7,10H,1-2H3;3H,4-5H2,1-2H3,(H2,7,8,9). The molecule has 0 aliphatic heterocycles. The van der Waals surface area contributed by atoms with Crippen LogP contribution in [0.4, 0.5) is 0 Å². The Morgan fingerprint density at radius 3 is 1.85 bits per heavy atom. The highest BCUT2D eigenvalue weighted by Gasteiger charge is 2.20. The monoisotopic (exact) mass is 714 g/mol. The molecule has 0 saturated carbocycles. The number of ketones is 1. The molecule has 6 N–H and O–H groups in total. The number of phenolic OH excluding ortho intramolecular Hbond substituents is 2. The van der Waals surface area contributed by atoms with Crippen molar-refractivity contribution in [1.29, 1.82) is 0 Å². The summed E-state index contributed by atoms with van der Waals surface area (Å²) in [6.07, 6.45) is 0.484. The normalized spacial score (nSPS) is 11.3. The van der Waals surface area contributed by atoms with E-state index in [1.165, 1.54) is 24.3 Å². The lowest BCUT2D eigenvalue weighted by Crippen LogP contribution is -2.07. The zero-order valence-corrected chi connectivity index (χ0v) is 30.1. The molecular formula is C33H45ClO11P2. The fourth-order valence-corrected chi connectivity index (χ4v) is 4.92. The molecule has 14 heteroatoms. The van der Waals surface area contributed by atoms with E-state index in [1.807, 2.05) is 45.9 Å². The number of allylic oxidation sites excluding steroid dienone is 1. The SMILES string of the molecule is CC(C)=CCOCP(=O)(O)O.CC(C)c1ccccc1O.Cc1cc(OCP(=O)(O)O)cc(Cl)c1C(=O)c1ccc(O)c(C(C)C)c1. The number of hydrogen-bond donors (Lipinski definition) is 6. The molecular weight excluding hydrogens is 670 g/mol. The summed E-state index contributed by atoms with van der Waals surface area (Å²) in [6.45, 7) is 13.6. The first-order valence-electron chi connectivity index (χ1n) is 14.5. The van der Waals surface area contributed by atoms with E-state index >= 15 is 0 Å². The molecule has 0 atom stereocenters. The molecule has 47 heavy (non-hydrogen) atoms. The first-order valence-corrected chi connectivity index (χ1v) is 18.5. The van der Waals surface area contributed by atoms with E-state index < -0.39 is 27.9 Å². The molecule has 0 heterocycles. The van der Waals surface area contributed by atoms with Crippen LogP contribution in [-0.2, 0) is 13.9 Å². The number of para-hydroxylation sites is 1. The molecule has 0 aliphatic rings. The lowest BCUT2D eigenvalue weighted by atomic mass is 9.94. The lowest BCUT2D eigenvalue weighted by molar-refractivity contribution is 0.103. The van der Waals surface area contributed by atoms with Crippen molar-refractivity contribution in [3.63, 3.8) is 0 Å². The number of carbonyl (C=O) groups is 1. The fourth-order valence-electron chi connectivity index (χ4n) is 3.92. The Morgan fingerprint density at radius 1 is 0.830 bits per heavy atom. The average Bonchev–Trinajstić information content (AvgIpc) is 2.94. The van der Waals surface area contributed by atoms with Crippen molar-refractivity contribution in [1.82, 2.24) is 0 Å². The van der Waals surface area contributed by atoms with E-state index in [-0.39, 0.29) is 40.4 Å². The highest BCUT2D eigenvalue weighted by molar-refractivity contribution is 7.51. The molecule has 3 rings (SSSR count). The quantitative estimate of drug-likeness (QED) is 0.0491. The van der Waals surface area contributed by atoms with Gasteiger partial charge in [0.2, 0.25) is 0 Å². The van der Waals surface area contributed by atoms with Gasteiger partial charge in [-0.05, 0) is 85.7 Å². The van der Waals surface area contributed by atoms with Crippen molar-refractivity contribution in [3.05, 3.63) is 99.1 Å². The van der Waals surface area contributed by atoms with Crippen molar-refractivity contribution in [3.8, 4) is 17.2 Å². The molecule has 0 bridgehead atoms. The number of aryl methyl sites for hydroxylation is 1. The number of hydrogen-bond acceptors (Lipinski definition) is 7. The van der Waals surface area contributed by atoms with Crippen molar-refractivity contribution in [2.75, 3.05) is 19.3 Å². The topological polar surface area (TPSA) is 191 Å². The van der Waals surface area contributed by atoms with Crippen LogP contribution >= 0.6 is 26.8 Å². The average molecular weight is 715 g/mol. The van der Waals surface area contributed by atoms with Crippen molar-refractivity contribution < 1.29 is 53.2 Å². The maximum absolute atomic E-state index is 12.9. The maximum Gasteiger partial charge on any atom is 0.362 e. The fraction of sp³-hybridized carbons (Fsp3) is 0.364. The summed E-state index contributed by atoms with van der Waals surface area (Å²) in [5.74, 6) is 0.832. The molecule has 0 aliphatic carbocycles. The van der Waals surface area contributed by atoms with E-state index in [9.17, 15) is 24.1 Å². The minimum atomic E-state index is -4.32. The molecule has 0 amide bonds. The number of phenols is 2.